The molecular weight excluding hydrogens is 308 g/mol. The van der Waals surface area contributed by atoms with Crippen molar-refractivity contribution in [1.29, 1.82) is 0 Å². The summed E-state index contributed by atoms with van der Waals surface area (Å²) in [6.45, 7) is 4.60. The molecule has 1 N–H and O–H groups in total. The van der Waals surface area contributed by atoms with Crippen molar-refractivity contribution in [3.8, 4) is 5.75 Å². The van der Waals surface area contributed by atoms with Crippen LogP contribution in [-0.2, 0) is 16.2 Å². The second-order valence-corrected chi connectivity index (χ2v) is 5.54. The third kappa shape index (κ3) is 3.24. The van der Waals surface area contributed by atoms with E-state index in [-0.39, 0.29) is 5.91 Å². The van der Waals surface area contributed by atoms with Gasteiger partial charge >= 0.3 is 0 Å². The lowest BCUT2D eigenvalue weighted by molar-refractivity contribution is -0.125. The van der Waals surface area contributed by atoms with Crippen molar-refractivity contribution >= 4 is 17.3 Å². The Morgan fingerprint density at radius 2 is 2.17 bits per heavy atom. The third-order valence-electron chi connectivity index (χ3n) is 3.91. The molecule has 0 aliphatic carbocycles. The number of aromatic nitrogens is 2. The summed E-state index contributed by atoms with van der Waals surface area (Å²) < 4.78 is 6.91. The van der Waals surface area contributed by atoms with Gasteiger partial charge in [0.05, 0.1) is 24.2 Å². The first-order valence-corrected chi connectivity index (χ1v) is 7.82. The van der Waals surface area contributed by atoms with Crippen LogP contribution in [0, 0.1) is 6.92 Å². The molecule has 0 saturated heterocycles. The third-order valence-corrected chi connectivity index (χ3v) is 3.91. The standard InChI is InChI=1S/C17H20N4O3/c1-4-21-10-15(11(2)19-21)18-17(22)16-9-14(20-24-16)12-5-7-13(23-3)8-6-12/h5-8,10,16H,4,9H2,1-3H3,(H,18,22). The molecule has 24 heavy (non-hydrogen) atoms. The van der Waals surface area contributed by atoms with E-state index in [0.29, 0.717) is 12.1 Å². The maximum atomic E-state index is 12.4. The number of carbonyl (C=O) groups is 1. The van der Waals surface area contributed by atoms with Crippen molar-refractivity contribution in [1.82, 2.24) is 9.78 Å². The van der Waals surface area contributed by atoms with Gasteiger partial charge in [-0.25, -0.2) is 0 Å². The Kier molecular flexibility index (Phi) is 4.50. The number of nitrogens with zero attached hydrogens (tertiary/aromatic N) is 3. The summed E-state index contributed by atoms with van der Waals surface area (Å²) in [6.07, 6.45) is 1.61. The fraction of sp³-hybridized carbons (Fsp3) is 0.353. The highest BCUT2D eigenvalue weighted by atomic mass is 16.6. The molecule has 1 aromatic carbocycles. The van der Waals surface area contributed by atoms with Crippen molar-refractivity contribution in [2.45, 2.75) is 32.9 Å². The minimum absolute atomic E-state index is 0.221. The lowest BCUT2D eigenvalue weighted by Gasteiger charge is -2.08. The zero-order chi connectivity index (χ0) is 17.1. The van der Waals surface area contributed by atoms with Gasteiger partial charge in [-0.1, -0.05) is 5.16 Å². The number of aryl methyl sites for hydroxylation is 2. The molecule has 2 aromatic rings. The number of methoxy groups -OCH3 is 1. The molecule has 7 heteroatoms. The van der Waals surface area contributed by atoms with E-state index in [0.717, 1.165) is 29.3 Å². The van der Waals surface area contributed by atoms with Gasteiger partial charge in [0.2, 0.25) is 6.10 Å². The summed E-state index contributed by atoms with van der Waals surface area (Å²) in [4.78, 5) is 17.7. The SMILES string of the molecule is CCn1cc(NC(=O)C2CC(c3ccc(OC)cc3)=NO2)c(C)n1. The van der Waals surface area contributed by atoms with Gasteiger partial charge in [0.25, 0.3) is 5.91 Å². The molecule has 1 aliphatic rings. The van der Waals surface area contributed by atoms with Gasteiger partial charge in [0, 0.05) is 19.2 Å². The minimum atomic E-state index is -0.633. The van der Waals surface area contributed by atoms with E-state index in [4.69, 9.17) is 9.57 Å². The molecule has 0 radical (unpaired) electrons. The van der Waals surface area contributed by atoms with Crippen LogP contribution in [0.5, 0.6) is 5.75 Å². The first-order valence-electron chi connectivity index (χ1n) is 7.82. The topological polar surface area (TPSA) is 77.7 Å². The molecular formula is C17H20N4O3. The van der Waals surface area contributed by atoms with Gasteiger partial charge in [0.15, 0.2) is 0 Å². The monoisotopic (exact) mass is 328 g/mol. The zero-order valence-electron chi connectivity index (χ0n) is 13.9. The molecule has 2 heterocycles. The van der Waals surface area contributed by atoms with Gasteiger partial charge in [-0.05, 0) is 43.7 Å². The molecule has 1 aliphatic heterocycles. The van der Waals surface area contributed by atoms with E-state index >= 15 is 0 Å². The van der Waals surface area contributed by atoms with Crippen LogP contribution in [0.4, 0.5) is 5.69 Å². The van der Waals surface area contributed by atoms with E-state index in [9.17, 15) is 4.79 Å². The number of oxime groups is 1. The molecule has 0 fully saturated rings. The number of nitrogens with one attached hydrogen (secondary N) is 1. The molecule has 1 amide bonds. The molecule has 1 unspecified atom stereocenters. The predicted molar refractivity (Wildman–Crippen MR) is 90.3 cm³/mol. The number of carbonyl (C=O) groups excluding carboxylic acids is 1. The second kappa shape index (κ2) is 6.74. The van der Waals surface area contributed by atoms with Crippen molar-refractivity contribution in [3.63, 3.8) is 0 Å². The molecule has 0 bridgehead atoms. The zero-order valence-corrected chi connectivity index (χ0v) is 13.9. The van der Waals surface area contributed by atoms with Crippen LogP contribution in [-0.4, -0.2) is 34.6 Å². The van der Waals surface area contributed by atoms with Gasteiger partial charge in [-0.15, -0.1) is 0 Å². The highest BCUT2D eigenvalue weighted by Gasteiger charge is 2.29. The Morgan fingerprint density at radius 1 is 1.42 bits per heavy atom. The normalized spacial score (nSPS) is 16.5. The number of hydrogen-bond acceptors (Lipinski definition) is 5. The number of benzene rings is 1. The van der Waals surface area contributed by atoms with Gasteiger partial charge in [-0.3, -0.25) is 9.48 Å². The van der Waals surface area contributed by atoms with E-state index in [2.05, 4.69) is 15.6 Å². The highest BCUT2D eigenvalue weighted by molar-refractivity contribution is 6.06. The highest BCUT2D eigenvalue weighted by Crippen LogP contribution is 2.21. The summed E-state index contributed by atoms with van der Waals surface area (Å²) in [5, 5.41) is 11.2. The average Bonchev–Trinajstić information content (AvgIpc) is 3.22. The quantitative estimate of drug-likeness (QED) is 0.914. The Bertz CT molecular complexity index is 765. The minimum Gasteiger partial charge on any atom is -0.497 e. The number of hydrogen-bond donors (Lipinski definition) is 1. The summed E-state index contributed by atoms with van der Waals surface area (Å²) in [6, 6.07) is 7.51. The van der Waals surface area contributed by atoms with Crippen molar-refractivity contribution in [2.75, 3.05) is 12.4 Å². The number of amides is 1. The summed E-state index contributed by atoms with van der Waals surface area (Å²) >= 11 is 0. The lowest BCUT2D eigenvalue weighted by Crippen LogP contribution is -2.28. The smallest absolute Gasteiger partial charge is 0.268 e. The van der Waals surface area contributed by atoms with Crippen LogP contribution in [0.25, 0.3) is 0 Å². The van der Waals surface area contributed by atoms with Crippen LogP contribution >= 0.6 is 0 Å². The maximum absolute atomic E-state index is 12.4. The van der Waals surface area contributed by atoms with Gasteiger partial charge in [0.1, 0.15) is 5.75 Å². The first kappa shape index (κ1) is 16.0. The fourth-order valence-corrected chi connectivity index (χ4v) is 2.49. The van der Waals surface area contributed by atoms with Crippen molar-refractivity contribution < 1.29 is 14.4 Å². The van der Waals surface area contributed by atoms with Crippen LogP contribution in [0.1, 0.15) is 24.6 Å². The Balaban J connectivity index is 1.63. The molecule has 1 atom stereocenters. The molecule has 3 rings (SSSR count). The van der Waals surface area contributed by atoms with Gasteiger partial charge in [-0.2, -0.15) is 5.10 Å². The molecule has 0 saturated carbocycles. The van der Waals surface area contributed by atoms with Crippen molar-refractivity contribution in [2.24, 2.45) is 5.16 Å². The van der Waals surface area contributed by atoms with Crippen molar-refractivity contribution in [3.05, 3.63) is 41.7 Å². The largest absolute Gasteiger partial charge is 0.497 e. The van der Waals surface area contributed by atoms with E-state index in [1.54, 1.807) is 11.8 Å². The van der Waals surface area contributed by atoms with Crippen LogP contribution in [0.15, 0.2) is 35.6 Å². The number of anilines is 1. The summed E-state index contributed by atoms with van der Waals surface area (Å²) in [7, 11) is 1.62. The summed E-state index contributed by atoms with van der Waals surface area (Å²) in [5.74, 6) is 0.553. The van der Waals surface area contributed by atoms with Crippen LogP contribution < -0.4 is 10.1 Å². The van der Waals surface area contributed by atoms with Crippen LogP contribution in [0.2, 0.25) is 0 Å². The lowest BCUT2D eigenvalue weighted by atomic mass is 10.0. The second-order valence-electron chi connectivity index (χ2n) is 5.54. The van der Waals surface area contributed by atoms with Gasteiger partial charge < -0.3 is 14.9 Å². The molecule has 126 valence electrons. The van der Waals surface area contributed by atoms with Crippen LogP contribution in [0.3, 0.4) is 0 Å². The predicted octanol–water partition coefficient (Wildman–Crippen LogP) is 2.35. The van der Waals surface area contributed by atoms with E-state index in [1.165, 1.54) is 0 Å². The maximum Gasteiger partial charge on any atom is 0.268 e. The fourth-order valence-electron chi connectivity index (χ4n) is 2.49. The van der Waals surface area contributed by atoms with E-state index in [1.807, 2.05) is 44.3 Å². The summed E-state index contributed by atoms with van der Waals surface area (Å²) in [5.41, 5.74) is 3.14. The Morgan fingerprint density at radius 3 is 2.79 bits per heavy atom. The Labute approximate surface area is 140 Å². The molecule has 7 nitrogen and oxygen atoms in total. The average molecular weight is 328 g/mol. The number of rotatable bonds is 5. The van der Waals surface area contributed by atoms with E-state index < -0.39 is 6.10 Å². The molecule has 1 aromatic heterocycles. The number of ether oxygens (including phenoxy) is 1. The first-order chi connectivity index (χ1) is 11.6. The Hall–Kier alpha value is -2.83. The molecule has 0 spiro atoms.